The van der Waals surface area contributed by atoms with Crippen LogP contribution < -0.4 is 5.32 Å². The highest BCUT2D eigenvalue weighted by Crippen LogP contribution is 2.25. The molecule has 0 radical (unpaired) electrons. The number of nitrogens with one attached hydrogen (secondary N) is 1. The van der Waals surface area contributed by atoms with E-state index in [1.165, 1.54) is 12.1 Å². The molecule has 0 bridgehead atoms. The van der Waals surface area contributed by atoms with E-state index in [0.29, 0.717) is 21.4 Å². The molecule has 0 saturated heterocycles. The van der Waals surface area contributed by atoms with Crippen LogP contribution >= 0.6 is 34.7 Å². The summed E-state index contributed by atoms with van der Waals surface area (Å²) in [5.74, 6) is -0.593. The third-order valence-electron chi connectivity index (χ3n) is 2.21. The third kappa shape index (κ3) is 3.54. The predicted molar refractivity (Wildman–Crippen MR) is 78.6 cm³/mol. The molecule has 2 rings (SSSR count). The molecular weight excluding hydrogens is 319 g/mol. The number of hydrogen-bond acceptors (Lipinski definition) is 5. The Morgan fingerprint density at radius 2 is 2.25 bits per heavy atom. The van der Waals surface area contributed by atoms with Crippen molar-refractivity contribution in [2.45, 2.75) is 0 Å². The van der Waals surface area contributed by atoms with Crippen LogP contribution in [0.4, 0.5) is 5.69 Å². The summed E-state index contributed by atoms with van der Waals surface area (Å²) in [4.78, 5) is 12.0. The lowest BCUT2D eigenvalue weighted by Crippen LogP contribution is -2.13. The minimum atomic E-state index is -0.593. The molecule has 0 unspecified atom stereocenters. The van der Waals surface area contributed by atoms with Crippen molar-refractivity contribution in [3.8, 4) is 6.07 Å². The van der Waals surface area contributed by atoms with Crippen molar-refractivity contribution in [1.82, 2.24) is 9.59 Å². The minimum Gasteiger partial charge on any atom is -0.320 e. The zero-order chi connectivity index (χ0) is 14.5. The van der Waals surface area contributed by atoms with Crippen molar-refractivity contribution in [3.05, 3.63) is 44.9 Å². The standard InChI is InChI=1S/C12H6Cl2N4OS/c13-8-1-2-10(14)11(4-8)16-12(19)7(5-15)3-9-6-20-18-17-9/h1-4,6H,(H,16,19)/b7-3+. The van der Waals surface area contributed by atoms with E-state index in [1.54, 1.807) is 23.6 Å². The van der Waals surface area contributed by atoms with E-state index in [2.05, 4.69) is 14.9 Å². The second kappa shape index (κ2) is 6.48. The van der Waals surface area contributed by atoms with Crippen molar-refractivity contribution < 1.29 is 4.79 Å². The summed E-state index contributed by atoms with van der Waals surface area (Å²) in [5.41, 5.74) is 0.675. The van der Waals surface area contributed by atoms with Gasteiger partial charge in [-0.1, -0.05) is 27.7 Å². The van der Waals surface area contributed by atoms with Gasteiger partial charge >= 0.3 is 0 Å². The first-order chi connectivity index (χ1) is 9.60. The molecule has 8 heteroatoms. The molecule has 0 atom stereocenters. The lowest BCUT2D eigenvalue weighted by Gasteiger charge is -2.06. The Morgan fingerprint density at radius 1 is 1.45 bits per heavy atom. The number of carbonyl (C=O) groups is 1. The van der Waals surface area contributed by atoms with Gasteiger partial charge in [0.15, 0.2) is 0 Å². The molecule has 0 fully saturated rings. The monoisotopic (exact) mass is 324 g/mol. The molecule has 1 heterocycles. The summed E-state index contributed by atoms with van der Waals surface area (Å²) in [6.07, 6.45) is 1.34. The molecule has 0 saturated carbocycles. The quantitative estimate of drug-likeness (QED) is 0.693. The largest absolute Gasteiger partial charge is 0.320 e. The van der Waals surface area contributed by atoms with Crippen molar-refractivity contribution in [3.63, 3.8) is 0 Å². The highest BCUT2D eigenvalue weighted by molar-refractivity contribution is 7.03. The van der Waals surface area contributed by atoms with Crippen LogP contribution in [-0.4, -0.2) is 15.5 Å². The first-order valence-corrected chi connectivity index (χ1v) is 6.84. The van der Waals surface area contributed by atoms with Gasteiger partial charge in [0, 0.05) is 10.4 Å². The number of amides is 1. The number of hydrogen-bond donors (Lipinski definition) is 1. The van der Waals surface area contributed by atoms with Crippen molar-refractivity contribution in [2.75, 3.05) is 5.32 Å². The SMILES string of the molecule is N#C/C(=C\c1csnn1)C(=O)Nc1cc(Cl)ccc1Cl. The second-order valence-corrected chi connectivity index (χ2v) is 5.03. The fourth-order valence-electron chi connectivity index (χ4n) is 1.31. The maximum absolute atomic E-state index is 12.0. The van der Waals surface area contributed by atoms with E-state index in [9.17, 15) is 4.79 Å². The van der Waals surface area contributed by atoms with Crippen LogP contribution in [0.2, 0.25) is 10.0 Å². The first kappa shape index (κ1) is 14.5. The van der Waals surface area contributed by atoms with Gasteiger partial charge in [-0.25, -0.2) is 0 Å². The number of aromatic nitrogens is 2. The molecule has 0 spiro atoms. The van der Waals surface area contributed by atoms with Crippen LogP contribution in [0.3, 0.4) is 0 Å². The van der Waals surface area contributed by atoms with Crippen molar-refractivity contribution in [1.29, 1.82) is 5.26 Å². The van der Waals surface area contributed by atoms with Crippen LogP contribution in [-0.2, 0) is 4.79 Å². The minimum absolute atomic E-state index is 0.103. The molecule has 0 aliphatic carbocycles. The number of anilines is 1. The summed E-state index contributed by atoms with van der Waals surface area (Å²) in [5, 5.41) is 17.7. The lowest BCUT2D eigenvalue weighted by molar-refractivity contribution is -0.112. The summed E-state index contributed by atoms with van der Waals surface area (Å²) in [6, 6.07) is 6.46. The Bertz CT molecular complexity index is 707. The zero-order valence-corrected chi connectivity index (χ0v) is 12.1. The second-order valence-electron chi connectivity index (χ2n) is 3.58. The summed E-state index contributed by atoms with van der Waals surface area (Å²) in [6.45, 7) is 0. The highest BCUT2D eigenvalue weighted by Gasteiger charge is 2.12. The van der Waals surface area contributed by atoms with Crippen molar-refractivity contribution in [2.24, 2.45) is 0 Å². The smallest absolute Gasteiger partial charge is 0.266 e. The van der Waals surface area contributed by atoms with Gasteiger partial charge in [0.25, 0.3) is 5.91 Å². The van der Waals surface area contributed by atoms with Crippen molar-refractivity contribution >= 4 is 52.4 Å². The number of benzene rings is 1. The summed E-state index contributed by atoms with van der Waals surface area (Å²) >= 11 is 12.9. The Labute approximate surface area is 128 Å². The molecule has 20 heavy (non-hydrogen) atoms. The fourth-order valence-corrected chi connectivity index (χ4v) is 2.06. The molecule has 1 N–H and O–H groups in total. The average Bonchev–Trinajstić information content (AvgIpc) is 2.93. The van der Waals surface area contributed by atoms with E-state index in [4.69, 9.17) is 28.5 Å². The maximum atomic E-state index is 12.0. The van der Waals surface area contributed by atoms with Crippen LogP contribution in [0.5, 0.6) is 0 Å². The highest BCUT2D eigenvalue weighted by atomic mass is 35.5. The number of carbonyl (C=O) groups excluding carboxylic acids is 1. The third-order valence-corrected chi connectivity index (χ3v) is 3.30. The van der Waals surface area contributed by atoms with E-state index >= 15 is 0 Å². The Kier molecular flexibility index (Phi) is 4.69. The molecule has 100 valence electrons. The normalized spacial score (nSPS) is 10.9. The lowest BCUT2D eigenvalue weighted by atomic mass is 10.2. The molecule has 1 amide bonds. The average molecular weight is 325 g/mol. The van der Waals surface area contributed by atoms with Crippen LogP contribution in [0.25, 0.3) is 6.08 Å². The Morgan fingerprint density at radius 3 is 2.90 bits per heavy atom. The van der Waals surface area contributed by atoms with Gasteiger partial charge in [-0.15, -0.1) is 5.10 Å². The van der Waals surface area contributed by atoms with Crippen LogP contribution in [0.1, 0.15) is 5.69 Å². The predicted octanol–water partition coefficient (Wildman–Crippen LogP) is 3.39. The van der Waals surface area contributed by atoms with E-state index in [1.807, 2.05) is 0 Å². The summed E-state index contributed by atoms with van der Waals surface area (Å²) in [7, 11) is 0. The van der Waals surface area contributed by atoms with Gasteiger partial charge in [-0.3, -0.25) is 4.79 Å². The molecule has 1 aromatic heterocycles. The Hall–Kier alpha value is -1.94. The van der Waals surface area contributed by atoms with Crippen LogP contribution in [0.15, 0.2) is 29.2 Å². The van der Waals surface area contributed by atoms with Gasteiger partial charge in [-0.05, 0) is 35.8 Å². The van der Waals surface area contributed by atoms with Gasteiger partial charge < -0.3 is 5.32 Å². The topological polar surface area (TPSA) is 78.7 Å². The van der Waals surface area contributed by atoms with E-state index in [-0.39, 0.29) is 5.57 Å². The van der Waals surface area contributed by atoms with E-state index < -0.39 is 5.91 Å². The molecule has 0 aliphatic rings. The number of nitriles is 1. The number of halogens is 2. The van der Waals surface area contributed by atoms with Gasteiger partial charge in [0.05, 0.1) is 16.4 Å². The fraction of sp³-hybridized carbons (Fsp3) is 0. The zero-order valence-electron chi connectivity index (χ0n) is 9.80. The maximum Gasteiger partial charge on any atom is 0.266 e. The van der Waals surface area contributed by atoms with Gasteiger partial charge in [0.1, 0.15) is 11.6 Å². The van der Waals surface area contributed by atoms with E-state index in [0.717, 1.165) is 11.5 Å². The summed E-state index contributed by atoms with van der Waals surface area (Å²) < 4.78 is 3.65. The Balaban J connectivity index is 2.23. The van der Waals surface area contributed by atoms with Crippen LogP contribution in [0, 0.1) is 11.3 Å². The van der Waals surface area contributed by atoms with Gasteiger partial charge in [0.2, 0.25) is 0 Å². The molecule has 2 aromatic rings. The molecule has 0 aliphatic heterocycles. The molecular formula is C12H6Cl2N4OS. The molecule has 5 nitrogen and oxygen atoms in total. The first-order valence-electron chi connectivity index (χ1n) is 5.25. The number of rotatable bonds is 3. The molecule has 1 aromatic carbocycles. The number of nitrogens with zero attached hydrogens (tertiary/aromatic N) is 3. The van der Waals surface area contributed by atoms with Gasteiger partial charge in [-0.2, -0.15) is 5.26 Å².